The lowest BCUT2D eigenvalue weighted by molar-refractivity contribution is -0.131. The largest absolute Gasteiger partial charge is 0.341 e. The van der Waals surface area contributed by atoms with Gasteiger partial charge in [0.25, 0.3) is 11.8 Å². The molecule has 0 aromatic heterocycles. The first kappa shape index (κ1) is 22.3. The van der Waals surface area contributed by atoms with Gasteiger partial charge >= 0.3 is 0 Å². The van der Waals surface area contributed by atoms with Crippen molar-refractivity contribution in [2.45, 2.75) is 25.8 Å². The second-order valence-electron chi connectivity index (χ2n) is 9.07. The maximum atomic E-state index is 13.0. The predicted molar refractivity (Wildman–Crippen MR) is 131 cm³/mol. The molecule has 0 N–H and O–H groups in total. The molecule has 0 unspecified atom stereocenters. The summed E-state index contributed by atoms with van der Waals surface area (Å²) in [7, 11) is 0. The average molecular weight is 456 g/mol. The van der Waals surface area contributed by atoms with Crippen LogP contribution < -0.4 is 0 Å². The number of benzene rings is 3. The molecule has 2 aliphatic heterocycles. The van der Waals surface area contributed by atoms with E-state index in [2.05, 4.69) is 29.2 Å². The van der Waals surface area contributed by atoms with Crippen molar-refractivity contribution in [2.24, 2.45) is 0 Å². The van der Waals surface area contributed by atoms with Crippen molar-refractivity contribution in [2.75, 3.05) is 32.7 Å². The van der Waals surface area contributed by atoms with Crippen LogP contribution in [0, 0.1) is 0 Å². The van der Waals surface area contributed by atoms with E-state index in [1.165, 1.54) is 10.5 Å². The van der Waals surface area contributed by atoms with Crippen LogP contribution in [0.15, 0.2) is 66.7 Å². The standard InChI is InChI=1S/C28H29N3O3/c32-25(30-16-7-15-29(18-19-30)20-21-8-2-1-3-9-21)14-6-17-31-27(33)23-12-4-10-22-11-5-13-24(26(22)23)28(31)34/h1-5,8-13H,6-7,14-20H2. The highest BCUT2D eigenvalue weighted by Gasteiger charge is 2.32. The monoisotopic (exact) mass is 455 g/mol. The topological polar surface area (TPSA) is 60.9 Å². The fourth-order valence-corrected chi connectivity index (χ4v) is 5.05. The van der Waals surface area contributed by atoms with Gasteiger partial charge in [0.2, 0.25) is 5.91 Å². The van der Waals surface area contributed by atoms with Gasteiger partial charge < -0.3 is 4.90 Å². The molecule has 3 aromatic carbocycles. The Bertz CT molecular complexity index is 1170. The fraction of sp³-hybridized carbons (Fsp3) is 0.321. The van der Waals surface area contributed by atoms with Crippen LogP contribution in [0.5, 0.6) is 0 Å². The van der Waals surface area contributed by atoms with Gasteiger partial charge in [0.1, 0.15) is 0 Å². The predicted octanol–water partition coefficient (Wildman–Crippen LogP) is 3.95. The fourth-order valence-electron chi connectivity index (χ4n) is 5.05. The van der Waals surface area contributed by atoms with Gasteiger partial charge in [-0.25, -0.2) is 0 Å². The van der Waals surface area contributed by atoms with Crippen LogP contribution in [0.1, 0.15) is 45.5 Å². The van der Waals surface area contributed by atoms with Gasteiger partial charge in [-0.2, -0.15) is 0 Å². The van der Waals surface area contributed by atoms with E-state index in [0.717, 1.165) is 43.4 Å². The summed E-state index contributed by atoms with van der Waals surface area (Å²) in [6.45, 7) is 4.44. The smallest absolute Gasteiger partial charge is 0.261 e. The number of carbonyl (C=O) groups excluding carboxylic acids is 3. The Morgan fingerprint density at radius 2 is 1.47 bits per heavy atom. The lowest BCUT2D eigenvalue weighted by Crippen LogP contribution is -2.41. The molecular formula is C28H29N3O3. The molecular weight excluding hydrogens is 426 g/mol. The number of amides is 3. The van der Waals surface area contributed by atoms with Crippen LogP contribution >= 0.6 is 0 Å². The summed E-state index contributed by atoms with van der Waals surface area (Å²) in [5.74, 6) is -0.442. The van der Waals surface area contributed by atoms with Gasteiger partial charge in [0.05, 0.1) is 0 Å². The van der Waals surface area contributed by atoms with Crippen molar-refractivity contribution in [3.05, 3.63) is 83.4 Å². The third-order valence-electron chi connectivity index (χ3n) is 6.82. The van der Waals surface area contributed by atoms with Gasteiger partial charge in [0.15, 0.2) is 0 Å². The number of hydrogen-bond donors (Lipinski definition) is 0. The zero-order chi connectivity index (χ0) is 23.5. The number of hydrogen-bond acceptors (Lipinski definition) is 4. The van der Waals surface area contributed by atoms with Crippen molar-refractivity contribution < 1.29 is 14.4 Å². The minimum Gasteiger partial charge on any atom is -0.341 e. The first-order chi connectivity index (χ1) is 16.6. The molecule has 6 nitrogen and oxygen atoms in total. The zero-order valence-corrected chi connectivity index (χ0v) is 19.3. The Morgan fingerprint density at radius 1 is 0.765 bits per heavy atom. The Morgan fingerprint density at radius 3 is 2.18 bits per heavy atom. The van der Waals surface area contributed by atoms with Gasteiger partial charge in [-0.3, -0.25) is 24.2 Å². The van der Waals surface area contributed by atoms with E-state index in [-0.39, 0.29) is 24.3 Å². The van der Waals surface area contributed by atoms with Gasteiger partial charge in [-0.15, -0.1) is 0 Å². The first-order valence-electron chi connectivity index (χ1n) is 12.0. The average Bonchev–Trinajstić information content (AvgIpc) is 3.10. The number of imide groups is 1. The molecule has 0 bridgehead atoms. The van der Waals surface area contributed by atoms with Crippen LogP contribution in [-0.4, -0.2) is 65.1 Å². The molecule has 6 heteroatoms. The lowest BCUT2D eigenvalue weighted by atomic mass is 9.94. The molecule has 2 aliphatic rings. The highest BCUT2D eigenvalue weighted by Crippen LogP contribution is 2.30. The van der Waals surface area contributed by atoms with Crippen molar-refractivity contribution in [3.63, 3.8) is 0 Å². The second-order valence-corrected chi connectivity index (χ2v) is 9.07. The summed E-state index contributed by atoms with van der Waals surface area (Å²) in [6.07, 6.45) is 1.75. The molecule has 1 fully saturated rings. The maximum absolute atomic E-state index is 13.0. The quantitative estimate of drug-likeness (QED) is 0.528. The molecule has 5 rings (SSSR count). The van der Waals surface area contributed by atoms with E-state index in [1.54, 1.807) is 12.1 Å². The molecule has 3 amide bonds. The molecule has 1 saturated heterocycles. The molecule has 0 atom stereocenters. The van der Waals surface area contributed by atoms with Crippen LogP contribution in [0.2, 0.25) is 0 Å². The number of carbonyl (C=O) groups is 3. The van der Waals surface area contributed by atoms with Gasteiger partial charge in [0, 0.05) is 62.2 Å². The molecule has 0 aliphatic carbocycles. The van der Waals surface area contributed by atoms with Crippen LogP contribution in [0.25, 0.3) is 10.8 Å². The van der Waals surface area contributed by atoms with Crippen LogP contribution in [-0.2, 0) is 11.3 Å². The zero-order valence-electron chi connectivity index (χ0n) is 19.3. The summed E-state index contributed by atoms with van der Waals surface area (Å²) < 4.78 is 0. The Labute approximate surface area is 199 Å². The third kappa shape index (κ3) is 4.46. The summed E-state index contributed by atoms with van der Waals surface area (Å²) >= 11 is 0. The van der Waals surface area contributed by atoms with Crippen molar-refractivity contribution in [1.82, 2.24) is 14.7 Å². The Balaban J connectivity index is 1.16. The van der Waals surface area contributed by atoms with Crippen molar-refractivity contribution in [3.8, 4) is 0 Å². The molecule has 3 aromatic rings. The first-order valence-corrected chi connectivity index (χ1v) is 12.0. The molecule has 0 saturated carbocycles. The minimum absolute atomic E-state index is 0.0981. The summed E-state index contributed by atoms with van der Waals surface area (Å²) in [5.41, 5.74) is 2.41. The van der Waals surface area contributed by atoms with Crippen LogP contribution in [0.4, 0.5) is 0 Å². The van der Waals surface area contributed by atoms with Crippen molar-refractivity contribution in [1.29, 1.82) is 0 Å². The van der Waals surface area contributed by atoms with E-state index in [1.807, 2.05) is 35.2 Å². The summed E-state index contributed by atoms with van der Waals surface area (Å²) in [6, 6.07) is 21.5. The summed E-state index contributed by atoms with van der Waals surface area (Å²) in [5, 5.41) is 1.63. The normalized spacial score (nSPS) is 16.7. The Hall–Kier alpha value is -3.51. The highest BCUT2D eigenvalue weighted by atomic mass is 16.2. The molecule has 0 radical (unpaired) electrons. The van der Waals surface area contributed by atoms with Crippen molar-refractivity contribution >= 4 is 28.5 Å². The molecule has 174 valence electrons. The van der Waals surface area contributed by atoms with E-state index >= 15 is 0 Å². The molecule has 34 heavy (non-hydrogen) atoms. The van der Waals surface area contributed by atoms with E-state index in [9.17, 15) is 14.4 Å². The van der Waals surface area contributed by atoms with E-state index in [4.69, 9.17) is 0 Å². The van der Waals surface area contributed by atoms with Gasteiger partial charge in [-0.05, 0) is 35.9 Å². The van der Waals surface area contributed by atoms with E-state index < -0.39 is 0 Å². The number of nitrogens with zero attached hydrogens (tertiary/aromatic N) is 3. The van der Waals surface area contributed by atoms with Crippen LogP contribution in [0.3, 0.4) is 0 Å². The molecule has 2 heterocycles. The summed E-state index contributed by atoms with van der Waals surface area (Å²) in [4.78, 5) is 44.6. The van der Waals surface area contributed by atoms with Gasteiger partial charge in [-0.1, -0.05) is 54.6 Å². The highest BCUT2D eigenvalue weighted by molar-refractivity contribution is 6.25. The maximum Gasteiger partial charge on any atom is 0.261 e. The second kappa shape index (κ2) is 9.77. The SMILES string of the molecule is O=C(CCCN1C(=O)c2cccc3cccc(c23)C1=O)N1CCCN(Cc2ccccc2)CC1. The number of rotatable bonds is 6. The lowest BCUT2D eigenvalue weighted by Gasteiger charge is -2.27. The third-order valence-corrected chi connectivity index (χ3v) is 6.82. The Kier molecular flexibility index (Phi) is 6.41. The molecule has 0 spiro atoms. The van der Waals surface area contributed by atoms with E-state index in [0.29, 0.717) is 30.5 Å². The minimum atomic E-state index is -0.270.